The van der Waals surface area contributed by atoms with E-state index in [1.54, 1.807) is 13.2 Å². The monoisotopic (exact) mass is 355 g/mol. The van der Waals surface area contributed by atoms with E-state index < -0.39 is 0 Å². The van der Waals surface area contributed by atoms with Crippen molar-refractivity contribution in [2.75, 3.05) is 32.1 Å². The van der Waals surface area contributed by atoms with Gasteiger partial charge in [0.15, 0.2) is 5.96 Å². The lowest BCUT2D eigenvalue weighted by Gasteiger charge is -2.14. The highest BCUT2D eigenvalue weighted by Gasteiger charge is 2.03. The highest BCUT2D eigenvalue weighted by atomic mass is 16.5. The van der Waals surface area contributed by atoms with Crippen molar-refractivity contribution in [2.24, 2.45) is 4.99 Å². The van der Waals surface area contributed by atoms with Crippen LogP contribution in [0.25, 0.3) is 0 Å². The van der Waals surface area contributed by atoms with Crippen molar-refractivity contribution in [1.29, 1.82) is 0 Å². The molecule has 0 spiro atoms. The third kappa shape index (κ3) is 7.01. The van der Waals surface area contributed by atoms with Crippen molar-refractivity contribution < 1.29 is 4.74 Å². The number of rotatable bonds is 10. The van der Waals surface area contributed by atoms with E-state index in [1.165, 1.54) is 0 Å². The fraction of sp³-hybridized carbons (Fsp3) is 0.400. The van der Waals surface area contributed by atoms with E-state index in [1.807, 2.05) is 43.3 Å². The lowest BCUT2D eigenvalue weighted by Crippen LogP contribution is -2.37. The third-order valence-corrected chi connectivity index (χ3v) is 3.81. The predicted molar refractivity (Wildman–Crippen MR) is 108 cm³/mol. The largest absolute Gasteiger partial charge is 0.494 e. The van der Waals surface area contributed by atoms with Crippen molar-refractivity contribution in [2.45, 2.75) is 26.3 Å². The molecule has 0 radical (unpaired) electrons. The van der Waals surface area contributed by atoms with Gasteiger partial charge in [-0.25, -0.2) is 4.98 Å². The van der Waals surface area contributed by atoms with E-state index in [-0.39, 0.29) is 0 Å². The van der Waals surface area contributed by atoms with Crippen molar-refractivity contribution in [1.82, 2.24) is 15.6 Å². The van der Waals surface area contributed by atoms with Crippen LogP contribution in [-0.4, -0.2) is 37.7 Å². The Morgan fingerprint density at radius 1 is 1.04 bits per heavy atom. The molecule has 1 aromatic carbocycles. The maximum absolute atomic E-state index is 5.65. The van der Waals surface area contributed by atoms with Gasteiger partial charge in [0, 0.05) is 38.4 Å². The van der Waals surface area contributed by atoms with Gasteiger partial charge in [0.05, 0.1) is 6.61 Å². The molecule has 0 aliphatic heterocycles. The number of hydrogen-bond acceptors (Lipinski definition) is 4. The predicted octanol–water partition coefficient (Wildman–Crippen LogP) is 3.04. The van der Waals surface area contributed by atoms with Crippen molar-refractivity contribution in [3.05, 3.63) is 54.2 Å². The van der Waals surface area contributed by atoms with Crippen LogP contribution in [0.15, 0.2) is 53.7 Å². The lowest BCUT2D eigenvalue weighted by atomic mass is 10.2. The summed E-state index contributed by atoms with van der Waals surface area (Å²) in [6, 6.07) is 13.9. The van der Waals surface area contributed by atoms with E-state index in [4.69, 9.17) is 4.74 Å². The number of nitrogens with one attached hydrogen (secondary N) is 3. The summed E-state index contributed by atoms with van der Waals surface area (Å²) in [4.78, 5) is 8.52. The Morgan fingerprint density at radius 3 is 2.62 bits per heavy atom. The second-order valence-corrected chi connectivity index (χ2v) is 5.74. The van der Waals surface area contributed by atoms with Crippen LogP contribution in [0.5, 0.6) is 5.75 Å². The molecule has 6 nitrogen and oxygen atoms in total. The molecule has 0 aliphatic carbocycles. The Labute approximate surface area is 156 Å². The number of guanidine groups is 1. The SMILES string of the molecule is CCOc1ccccc1CNC(=NC)NCCCCNc1ccccn1. The second kappa shape index (κ2) is 11.7. The van der Waals surface area contributed by atoms with Gasteiger partial charge >= 0.3 is 0 Å². The Morgan fingerprint density at radius 2 is 1.85 bits per heavy atom. The van der Waals surface area contributed by atoms with Gasteiger partial charge in [0.1, 0.15) is 11.6 Å². The van der Waals surface area contributed by atoms with Crippen LogP contribution in [0.4, 0.5) is 5.82 Å². The van der Waals surface area contributed by atoms with Gasteiger partial charge < -0.3 is 20.7 Å². The number of hydrogen-bond donors (Lipinski definition) is 3. The number of ether oxygens (including phenoxy) is 1. The summed E-state index contributed by atoms with van der Waals surface area (Å²) in [5, 5.41) is 9.99. The first-order valence-corrected chi connectivity index (χ1v) is 9.13. The van der Waals surface area contributed by atoms with E-state index in [0.717, 1.165) is 49.0 Å². The molecule has 1 aromatic heterocycles. The Balaban J connectivity index is 1.63. The molecule has 0 unspecified atom stereocenters. The average molecular weight is 355 g/mol. The molecule has 0 saturated heterocycles. The smallest absolute Gasteiger partial charge is 0.191 e. The van der Waals surface area contributed by atoms with Crippen LogP contribution in [0.2, 0.25) is 0 Å². The topological polar surface area (TPSA) is 70.6 Å². The normalized spacial score (nSPS) is 11.1. The third-order valence-electron chi connectivity index (χ3n) is 3.81. The minimum atomic E-state index is 0.663. The van der Waals surface area contributed by atoms with Crippen LogP contribution < -0.4 is 20.7 Å². The van der Waals surface area contributed by atoms with Crippen LogP contribution in [0.1, 0.15) is 25.3 Å². The number of pyridine rings is 1. The maximum atomic E-state index is 5.65. The van der Waals surface area contributed by atoms with E-state index in [0.29, 0.717) is 13.2 Å². The summed E-state index contributed by atoms with van der Waals surface area (Å²) in [5.74, 6) is 2.64. The minimum Gasteiger partial charge on any atom is -0.494 e. The zero-order valence-corrected chi connectivity index (χ0v) is 15.7. The number of unbranched alkanes of at least 4 members (excludes halogenated alkanes) is 1. The summed E-state index contributed by atoms with van der Waals surface area (Å²) in [7, 11) is 1.78. The highest BCUT2D eigenvalue weighted by Crippen LogP contribution is 2.17. The van der Waals surface area contributed by atoms with Gasteiger partial charge in [-0.2, -0.15) is 0 Å². The van der Waals surface area contributed by atoms with Gasteiger partial charge in [-0.15, -0.1) is 0 Å². The Bertz CT molecular complexity index is 660. The Kier molecular flexibility index (Phi) is 8.83. The minimum absolute atomic E-state index is 0.663. The van der Waals surface area contributed by atoms with Crippen LogP contribution >= 0.6 is 0 Å². The molecule has 0 amide bonds. The van der Waals surface area contributed by atoms with Gasteiger partial charge in [0.2, 0.25) is 0 Å². The number of aliphatic imine (C=N–C) groups is 1. The molecule has 0 atom stereocenters. The quantitative estimate of drug-likeness (QED) is 0.347. The van der Waals surface area contributed by atoms with Crippen molar-refractivity contribution in [3.63, 3.8) is 0 Å². The number of benzene rings is 1. The molecule has 0 fully saturated rings. The number of aromatic nitrogens is 1. The molecule has 26 heavy (non-hydrogen) atoms. The molecular formula is C20H29N5O. The fourth-order valence-corrected chi connectivity index (χ4v) is 2.49. The summed E-state index contributed by atoms with van der Waals surface area (Å²) >= 11 is 0. The molecule has 2 rings (SSSR count). The highest BCUT2D eigenvalue weighted by molar-refractivity contribution is 5.79. The summed E-state index contributed by atoms with van der Waals surface area (Å²) in [6.07, 6.45) is 3.91. The molecule has 2 aromatic rings. The standard InChI is InChI=1S/C20H29N5O/c1-3-26-18-11-5-4-10-17(18)16-25-20(21-2)24-15-9-8-14-23-19-12-6-7-13-22-19/h4-7,10-13H,3,8-9,14-16H2,1-2H3,(H,22,23)(H2,21,24,25). The number of anilines is 1. The summed E-state index contributed by atoms with van der Waals surface area (Å²) < 4.78 is 5.65. The lowest BCUT2D eigenvalue weighted by molar-refractivity contribution is 0.336. The zero-order chi connectivity index (χ0) is 18.5. The van der Waals surface area contributed by atoms with Gasteiger partial charge in [-0.1, -0.05) is 24.3 Å². The van der Waals surface area contributed by atoms with E-state index in [2.05, 4.69) is 32.0 Å². The molecule has 1 heterocycles. The van der Waals surface area contributed by atoms with Crippen LogP contribution in [0, 0.1) is 0 Å². The van der Waals surface area contributed by atoms with Crippen molar-refractivity contribution >= 4 is 11.8 Å². The van der Waals surface area contributed by atoms with Crippen molar-refractivity contribution in [3.8, 4) is 5.75 Å². The fourth-order valence-electron chi connectivity index (χ4n) is 2.49. The Hall–Kier alpha value is -2.76. The molecule has 6 heteroatoms. The number of para-hydroxylation sites is 1. The van der Waals surface area contributed by atoms with E-state index in [9.17, 15) is 0 Å². The molecule has 3 N–H and O–H groups in total. The first kappa shape index (κ1) is 19.6. The number of nitrogens with zero attached hydrogens (tertiary/aromatic N) is 2. The molecule has 0 aliphatic rings. The maximum Gasteiger partial charge on any atom is 0.191 e. The molecular weight excluding hydrogens is 326 g/mol. The van der Waals surface area contributed by atoms with Gasteiger partial charge in [-0.3, -0.25) is 4.99 Å². The van der Waals surface area contributed by atoms with Crippen LogP contribution in [-0.2, 0) is 6.54 Å². The van der Waals surface area contributed by atoms with Gasteiger partial charge in [-0.05, 0) is 38.0 Å². The molecule has 0 bridgehead atoms. The first-order chi connectivity index (χ1) is 12.8. The van der Waals surface area contributed by atoms with Crippen LogP contribution in [0.3, 0.4) is 0 Å². The average Bonchev–Trinajstić information content (AvgIpc) is 2.69. The summed E-state index contributed by atoms with van der Waals surface area (Å²) in [5.41, 5.74) is 1.12. The molecule has 140 valence electrons. The zero-order valence-electron chi connectivity index (χ0n) is 15.7. The first-order valence-electron chi connectivity index (χ1n) is 9.13. The second-order valence-electron chi connectivity index (χ2n) is 5.74. The summed E-state index contributed by atoms with van der Waals surface area (Å²) in [6.45, 7) is 5.12. The van der Waals surface area contributed by atoms with Gasteiger partial charge in [0.25, 0.3) is 0 Å². The van der Waals surface area contributed by atoms with E-state index >= 15 is 0 Å². The molecule has 0 saturated carbocycles.